The summed E-state index contributed by atoms with van der Waals surface area (Å²) in [5.41, 5.74) is 0. The zero-order chi connectivity index (χ0) is 16.9. The van der Waals surface area contributed by atoms with Crippen molar-refractivity contribution in [2.75, 3.05) is 57.3 Å². The van der Waals surface area contributed by atoms with Crippen LogP contribution in [0.15, 0.2) is 18.5 Å². The molecule has 1 aromatic heterocycles. The number of β-amino-alcohol motifs (C(OH)–C–C–N with tert-alkyl or cyclic N) is 1. The molecular formula is C17H29N5O2. The molecule has 0 unspecified atom stereocenters. The summed E-state index contributed by atoms with van der Waals surface area (Å²) in [6.07, 6.45) is 3.73. The molecule has 0 aliphatic carbocycles. The van der Waals surface area contributed by atoms with Crippen molar-refractivity contribution in [1.29, 1.82) is 0 Å². The van der Waals surface area contributed by atoms with E-state index in [2.05, 4.69) is 38.5 Å². The van der Waals surface area contributed by atoms with Crippen LogP contribution in [0.5, 0.6) is 0 Å². The van der Waals surface area contributed by atoms with E-state index in [0.717, 1.165) is 58.3 Å². The van der Waals surface area contributed by atoms with Crippen molar-refractivity contribution >= 4 is 5.95 Å². The van der Waals surface area contributed by atoms with E-state index >= 15 is 0 Å². The Kier molecular flexibility index (Phi) is 5.99. The molecule has 134 valence electrons. The van der Waals surface area contributed by atoms with Gasteiger partial charge in [-0.2, -0.15) is 0 Å². The zero-order valence-corrected chi connectivity index (χ0v) is 14.7. The second kappa shape index (κ2) is 8.20. The quantitative estimate of drug-likeness (QED) is 0.817. The highest BCUT2D eigenvalue weighted by Crippen LogP contribution is 2.13. The molecule has 0 saturated carbocycles. The lowest BCUT2D eigenvalue weighted by Gasteiger charge is -2.38. The standard InChI is InChI=1S/C17H29N5O2/c1-14-10-21(11-15(2)24-14)13-16(23)12-20-6-8-22(9-7-20)17-18-4-3-5-19-17/h3-5,14-16,23H,6-13H2,1-2H3/t14-,15+,16-/m1/s1. The molecule has 0 radical (unpaired) electrons. The van der Waals surface area contributed by atoms with E-state index in [1.807, 2.05) is 6.07 Å². The van der Waals surface area contributed by atoms with Gasteiger partial charge in [-0.3, -0.25) is 9.80 Å². The molecule has 3 heterocycles. The minimum absolute atomic E-state index is 0.246. The van der Waals surface area contributed by atoms with Gasteiger partial charge >= 0.3 is 0 Å². The zero-order valence-electron chi connectivity index (χ0n) is 14.7. The molecule has 0 bridgehead atoms. The van der Waals surface area contributed by atoms with Gasteiger partial charge < -0.3 is 14.7 Å². The third kappa shape index (κ3) is 4.86. The van der Waals surface area contributed by atoms with Gasteiger partial charge in [0.15, 0.2) is 0 Å². The summed E-state index contributed by atoms with van der Waals surface area (Å²) >= 11 is 0. The molecule has 3 atom stereocenters. The number of aliphatic hydroxyl groups excluding tert-OH is 1. The smallest absolute Gasteiger partial charge is 0.225 e. The van der Waals surface area contributed by atoms with Crippen molar-refractivity contribution < 1.29 is 9.84 Å². The van der Waals surface area contributed by atoms with Gasteiger partial charge in [0.1, 0.15) is 0 Å². The lowest BCUT2D eigenvalue weighted by atomic mass is 10.2. The van der Waals surface area contributed by atoms with Gasteiger partial charge in [-0.15, -0.1) is 0 Å². The Hall–Kier alpha value is -1.28. The van der Waals surface area contributed by atoms with E-state index < -0.39 is 0 Å². The molecule has 2 saturated heterocycles. The van der Waals surface area contributed by atoms with Crippen LogP contribution in [-0.2, 0) is 4.74 Å². The summed E-state index contributed by atoms with van der Waals surface area (Å²) in [7, 11) is 0. The fourth-order valence-corrected chi connectivity index (χ4v) is 3.67. The van der Waals surface area contributed by atoms with Gasteiger partial charge in [-0.25, -0.2) is 9.97 Å². The number of morpholine rings is 1. The number of aliphatic hydroxyl groups is 1. The molecule has 7 nitrogen and oxygen atoms in total. The molecule has 7 heteroatoms. The Morgan fingerprint density at radius 3 is 2.25 bits per heavy atom. The number of hydrogen-bond donors (Lipinski definition) is 1. The molecule has 2 fully saturated rings. The summed E-state index contributed by atoms with van der Waals surface area (Å²) in [5.74, 6) is 0.800. The van der Waals surface area contributed by atoms with Crippen molar-refractivity contribution in [3.05, 3.63) is 18.5 Å². The minimum atomic E-state index is -0.318. The van der Waals surface area contributed by atoms with E-state index in [0.29, 0.717) is 0 Å². The van der Waals surface area contributed by atoms with E-state index in [1.165, 1.54) is 0 Å². The lowest BCUT2D eigenvalue weighted by Crippen LogP contribution is -2.52. The van der Waals surface area contributed by atoms with Crippen molar-refractivity contribution in [1.82, 2.24) is 19.8 Å². The van der Waals surface area contributed by atoms with Gasteiger partial charge in [-0.1, -0.05) is 0 Å². The third-order valence-corrected chi connectivity index (χ3v) is 4.64. The number of hydrogen-bond acceptors (Lipinski definition) is 7. The first-order chi connectivity index (χ1) is 11.6. The second-order valence-corrected chi connectivity index (χ2v) is 6.97. The number of nitrogens with zero attached hydrogens (tertiary/aromatic N) is 5. The molecule has 2 aliphatic heterocycles. The molecule has 3 rings (SSSR count). The second-order valence-electron chi connectivity index (χ2n) is 6.97. The third-order valence-electron chi connectivity index (χ3n) is 4.64. The predicted molar refractivity (Wildman–Crippen MR) is 93.1 cm³/mol. The summed E-state index contributed by atoms with van der Waals surface area (Å²) in [5, 5.41) is 10.4. The van der Waals surface area contributed by atoms with Crippen LogP contribution < -0.4 is 4.90 Å². The normalized spacial score (nSPS) is 28.0. The monoisotopic (exact) mass is 335 g/mol. The van der Waals surface area contributed by atoms with Crippen LogP contribution >= 0.6 is 0 Å². The molecule has 0 amide bonds. The average molecular weight is 335 g/mol. The highest BCUT2D eigenvalue weighted by molar-refractivity contribution is 5.29. The molecule has 0 spiro atoms. The van der Waals surface area contributed by atoms with Gasteiger partial charge in [-0.05, 0) is 19.9 Å². The van der Waals surface area contributed by atoms with Crippen molar-refractivity contribution in [2.24, 2.45) is 0 Å². The van der Waals surface area contributed by atoms with Crippen molar-refractivity contribution in [2.45, 2.75) is 32.2 Å². The number of aromatic nitrogens is 2. The van der Waals surface area contributed by atoms with Crippen LogP contribution in [0, 0.1) is 0 Å². The first-order valence-electron chi connectivity index (χ1n) is 8.90. The van der Waals surface area contributed by atoms with E-state index in [4.69, 9.17) is 4.74 Å². The molecule has 24 heavy (non-hydrogen) atoms. The Morgan fingerprint density at radius 2 is 1.62 bits per heavy atom. The van der Waals surface area contributed by atoms with Gasteiger partial charge in [0, 0.05) is 64.8 Å². The molecule has 0 aromatic carbocycles. The molecule has 2 aliphatic rings. The number of ether oxygens (including phenoxy) is 1. The van der Waals surface area contributed by atoms with Crippen LogP contribution in [-0.4, -0.2) is 95.5 Å². The summed E-state index contributed by atoms with van der Waals surface area (Å²) in [6, 6.07) is 1.84. The van der Waals surface area contributed by atoms with E-state index in [9.17, 15) is 5.11 Å². The lowest BCUT2D eigenvalue weighted by molar-refractivity contribution is -0.0780. The van der Waals surface area contributed by atoms with Crippen LogP contribution in [0.25, 0.3) is 0 Å². The van der Waals surface area contributed by atoms with Crippen LogP contribution in [0.1, 0.15) is 13.8 Å². The molecule has 1 N–H and O–H groups in total. The Balaban J connectivity index is 1.41. The number of rotatable bonds is 5. The van der Waals surface area contributed by atoms with Crippen molar-refractivity contribution in [3.8, 4) is 0 Å². The molecule has 1 aromatic rings. The maximum Gasteiger partial charge on any atom is 0.225 e. The highest BCUT2D eigenvalue weighted by atomic mass is 16.5. The van der Waals surface area contributed by atoms with Crippen LogP contribution in [0.4, 0.5) is 5.95 Å². The Labute approximate surface area is 144 Å². The maximum absolute atomic E-state index is 10.4. The first-order valence-corrected chi connectivity index (χ1v) is 8.90. The fraction of sp³-hybridized carbons (Fsp3) is 0.765. The average Bonchev–Trinajstić information content (AvgIpc) is 2.55. The number of anilines is 1. The van der Waals surface area contributed by atoms with Gasteiger partial charge in [0.05, 0.1) is 18.3 Å². The molecular weight excluding hydrogens is 306 g/mol. The van der Waals surface area contributed by atoms with Crippen LogP contribution in [0.2, 0.25) is 0 Å². The summed E-state index contributed by atoms with van der Waals surface area (Å²) < 4.78 is 5.75. The largest absolute Gasteiger partial charge is 0.390 e. The van der Waals surface area contributed by atoms with E-state index in [-0.39, 0.29) is 18.3 Å². The summed E-state index contributed by atoms with van der Waals surface area (Å²) in [6.45, 7) is 11.1. The van der Waals surface area contributed by atoms with Crippen molar-refractivity contribution in [3.63, 3.8) is 0 Å². The van der Waals surface area contributed by atoms with Crippen LogP contribution in [0.3, 0.4) is 0 Å². The minimum Gasteiger partial charge on any atom is -0.390 e. The van der Waals surface area contributed by atoms with E-state index in [1.54, 1.807) is 12.4 Å². The first kappa shape index (κ1) is 17.5. The maximum atomic E-state index is 10.4. The topological polar surface area (TPSA) is 65.0 Å². The highest BCUT2D eigenvalue weighted by Gasteiger charge is 2.25. The summed E-state index contributed by atoms with van der Waals surface area (Å²) in [4.78, 5) is 15.5. The van der Waals surface area contributed by atoms with Gasteiger partial charge in [0.25, 0.3) is 0 Å². The SMILES string of the molecule is C[C@@H]1CN(C[C@H](O)CN2CCN(c3ncccn3)CC2)C[C@H](C)O1. The Morgan fingerprint density at radius 1 is 1.04 bits per heavy atom. The predicted octanol–water partition coefficient (Wildman–Crippen LogP) is 0.0687. The fourth-order valence-electron chi connectivity index (χ4n) is 3.67. The Bertz CT molecular complexity index is 485. The van der Waals surface area contributed by atoms with Gasteiger partial charge in [0.2, 0.25) is 5.95 Å². The number of piperazine rings is 1.